The van der Waals surface area contributed by atoms with Gasteiger partial charge in [0.05, 0.1) is 6.54 Å². The van der Waals surface area contributed by atoms with Gasteiger partial charge in [-0.2, -0.15) is 5.10 Å². The molecular formula is C22H33N7O. The van der Waals surface area contributed by atoms with Crippen molar-refractivity contribution in [3.63, 3.8) is 0 Å². The minimum Gasteiger partial charge on any atom is -0.356 e. The number of guanidine groups is 1. The molecule has 2 N–H and O–H groups in total. The average Bonchev–Trinajstić information content (AvgIpc) is 3.16. The van der Waals surface area contributed by atoms with E-state index in [0.717, 1.165) is 44.0 Å². The molecule has 1 unspecified atom stereocenters. The van der Waals surface area contributed by atoms with Crippen LogP contribution in [0.4, 0.5) is 0 Å². The lowest BCUT2D eigenvalue weighted by molar-refractivity contribution is -0.127. The molecule has 1 atom stereocenters. The fourth-order valence-corrected chi connectivity index (χ4v) is 3.29. The van der Waals surface area contributed by atoms with Crippen molar-refractivity contribution in [3.8, 4) is 0 Å². The van der Waals surface area contributed by atoms with Crippen LogP contribution in [0, 0.1) is 0 Å². The van der Waals surface area contributed by atoms with Gasteiger partial charge in [-0.05, 0) is 18.4 Å². The van der Waals surface area contributed by atoms with Gasteiger partial charge in [-0.15, -0.1) is 0 Å². The normalized spacial score (nSPS) is 16.3. The van der Waals surface area contributed by atoms with E-state index in [2.05, 4.69) is 51.7 Å². The summed E-state index contributed by atoms with van der Waals surface area (Å²) in [6.07, 6.45) is 2.72. The summed E-state index contributed by atoms with van der Waals surface area (Å²) in [5.41, 5.74) is 1.26. The summed E-state index contributed by atoms with van der Waals surface area (Å²) in [4.78, 5) is 22.7. The molecular weight excluding hydrogens is 378 g/mol. The number of aryl methyl sites for hydroxylation is 1. The lowest BCUT2D eigenvalue weighted by Crippen LogP contribution is -2.48. The van der Waals surface area contributed by atoms with Crippen LogP contribution in [0.1, 0.15) is 43.4 Å². The summed E-state index contributed by atoms with van der Waals surface area (Å²) >= 11 is 0. The van der Waals surface area contributed by atoms with E-state index >= 15 is 0 Å². The van der Waals surface area contributed by atoms with E-state index in [-0.39, 0.29) is 18.5 Å². The third-order valence-electron chi connectivity index (χ3n) is 5.15. The highest BCUT2D eigenvalue weighted by atomic mass is 16.2. The van der Waals surface area contributed by atoms with Crippen molar-refractivity contribution in [2.24, 2.45) is 4.99 Å². The van der Waals surface area contributed by atoms with Gasteiger partial charge in [0.1, 0.15) is 12.4 Å². The molecule has 3 rings (SSSR count). The minimum atomic E-state index is -0.0251. The van der Waals surface area contributed by atoms with Crippen LogP contribution < -0.4 is 10.6 Å². The number of hydrogen-bond acceptors (Lipinski definition) is 4. The second kappa shape index (κ2) is 10.2. The first-order valence-electron chi connectivity index (χ1n) is 10.6. The molecule has 0 saturated heterocycles. The van der Waals surface area contributed by atoms with Crippen molar-refractivity contribution in [3.05, 3.63) is 47.5 Å². The van der Waals surface area contributed by atoms with Gasteiger partial charge in [-0.25, -0.2) is 14.7 Å². The summed E-state index contributed by atoms with van der Waals surface area (Å²) in [7, 11) is 3.49. The van der Waals surface area contributed by atoms with E-state index in [1.807, 2.05) is 22.9 Å². The van der Waals surface area contributed by atoms with Gasteiger partial charge in [-0.3, -0.25) is 4.79 Å². The Labute approximate surface area is 178 Å². The van der Waals surface area contributed by atoms with Crippen molar-refractivity contribution in [2.45, 2.75) is 51.6 Å². The molecule has 162 valence electrons. The fraction of sp³-hybridized carbons (Fsp3) is 0.545. The Morgan fingerprint density at radius 3 is 2.77 bits per heavy atom. The summed E-state index contributed by atoms with van der Waals surface area (Å²) < 4.78 is 2.00. The predicted octanol–water partition coefficient (Wildman–Crippen LogP) is 1.58. The summed E-state index contributed by atoms with van der Waals surface area (Å²) in [5, 5.41) is 11.5. The van der Waals surface area contributed by atoms with E-state index in [1.54, 1.807) is 19.0 Å². The minimum absolute atomic E-state index is 0.0251. The highest BCUT2D eigenvalue weighted by molar-refractivity contribution is 5.84. The first kappa shape index (κ1) is 21.8. The molecule has 8 nitrogen and oxygen atoms in total. The van der Waals surface area contributed by atoms with Gasteiger partial charge in [0, 0.05) is 39.0 Å². The van der Waals surface area contributed by atoms with Crippen molar-refractivity contribution in [1.29, 1.82) is 0 Å². The van der Waals surface area contributed by atoms with Crippen LogP contribution in [0.3, 0.4) is 0 Å². The molecule has 2 heterocycles. The van der Waals surface area contributed by atoms with E-state index in [4.69, 9.17) is 0 Å². The molecule has 0 radical (unpaired) electrons. The van der Waals surface area contributed by atoms with Gasteiger partial charge < -0.3 is 15.5 Å². The molecule has 0 saturated carbocycles. The number of aliphatic imine (C=N–C) groups is 1. The molecule has 1 aliphatic heterocycles. The third kappa shape index (κ3) is 6.05. The maximum absolute atomic E-state index is 12.0. The molecule has 1 amide bonds. The van der Waals surface area contributed by atoms with Crippen LogP contribution in [0.5, 0.6) is 0 Å². The number of carbonyl (C=O) groups is 1. The molecule has 1 aromatic heterocycles. The molecule has 0 bridgehead atoms. The van der Waals surface area contributed by atoms with Crippen LogP contribution in [0.25, 0.3) is 0 Å². The van der Waals surface area contributed by atoms with Crippen molar-refractivity contribution in [1.82, 2.24) is 30.3 Å². The standard InChI is InChI=1S/C22H33N7O/c1-16(2)21-26-19-11-10-18(15-29(19)27-21)25-22(24-14-20(30)28(3)4)23-13-12-17-8-6-5-7-9-17/h5-9,16,18H,10-15H2,1-4H3,(H2,23,24,25). The zero-order valence-electron chi connectivity index (χ0n) is 18.4. The van der Waals surface area contributed by atoms with Crippen LogP contribution in [-0.4, -0.2) is 64.8 Å². The summed E-state index contributed by atoms with van der Waals surface area (Å²) in [5.74, 6) is 2.91. The number of amides is 1. The number of fused-ring (bicyclic) bond motifs is 1. The number of aromatic nitrogens is 3. The zero-order valence-corrected chi connectivity index (χ0v) is 18.4. The highest BCUT2D eigenvalue weighted by Crippen LogP contribution is 2.17. The van der Waals surface area contributed by atoms with E-state index in [0.29, 0.717) is 11.9 Å². The number of benzene rings is 1. The topological polar surface area (TPSA) is 87.4 Å². The molecule has 30 heavy (non-hydrogen) atoms. The monoisotopic (exact) mass is 411 g/mol. The fourth-order valence-electron chi connectivity index (χ4n) is 3.29. The summed E-state index contributed by atoms with van der Waals surface area (Å²) in [6, 6.07) is 10.5. The highest BCUT2D eigenvalue weighted by Gasteiger charge is 2.23. The average molecular weight is 412 g/mol. The number of rotatable bonds is 7. The maximum atomic E-state index is 12.0. The number of carbonyl (C=O) groups excluding carboxylic acids is 1. The van der Waals surface area contributed by atoms with E-state index in [9.17, 15) is 4.79 Å². The number of hydrogen-bond donors (Lipinski definition) is 2. The van der Waals surface area contributed by atoms with Gasteiger partial charge in [0.2, 0.25) is 5.91 Å². The third-order valence-corrected chi connectivity index (χ3v) is 5.15. The van der Waals surface area contributed by atoms with Crippen LogP contribution >= 0.6 is 0 Å². The smallest absolute Gasteiger partial charge is 0.243 e. The molecule has 0 fully saturated rings. The first-order chi connectivity index (χ1) is 14.4. The number of nitrogens with one attached hydrogen (secondary N) is 2. The van der Waals surface area contributed by atoms with Crippen molar-refractivity contribution < 1.29 is 4.79 Å². The van der Waals surface area contributed by atoms with Crippen LogP contribution in [-0.2, 0) is 24.2 Å². The van der Waals surface area contributed by atoms with Gasteiger partial charge in [0.25, 0.3) is 0 Å². The van der Waals surface area contributed by atoms with E-state index in [1.165, 1.54) is 5.56 Å². The number of nitrogens with zero attached hydrogens (tertiary/aromatic N) is 5. The molecule has 2 aromatic rings. The zero-order chi connectivity index (χ0) is 21.5. The van der Waals surface area contributed by atoms with Crippen LogP contribution in [0.2, 0.25) is 0 Å². The molecule has 1 aromatic carbocycles. The second-order valence-electron chi connectivity index (χ2n) is 8.22. The Hall–Kier alpha value is -2.90. The molecule has 8 heteroatoms. The van der Waals surface area contributed by atoms with Gasteiger partial charge in [-0.1, -0.05) is 44.2 Å². The van der Waals surface area contributed by atoms with Gasteiger partial charge >= 0.3 is 0 Å². The van der Waals surface area contributed by atoms with Crippen molar-refractivity contribution in [2.75, 3.05) is 27.2 Å². The SMILES string of the molecule is CC(C)c1nc2n(n1)CC(NC(=NCC(=O)N(C)C)NCCc1ccccc1)CC2. The quantitative estimate of drug-likeness (QED) is 0.534. The molecule has 0 aliphatic carbocycles. The Morgan fingerprint density at radius 2 is 2.07 bits per heavy atom. The Balaban J connectivity index is 1.62. The van der Waals surface area contributed by atoms with Gasteiger partial charge in [0.15, 0.2) is 11.8 Å². The first-order valence-corrected chi connectivity index (χ1v) is 10.6. The Morgan fingerprint density at radius 1 is 1.30 bits per heavy atom. The Bertz CT molecular complexity index is 858. The maximum Gasteiger partial charge on any atom is 0.243 e. The Kier molecular flexibility index (Phi) is 7.43. The molecule has 0 spiro atoms. The van der Waals surface area contributed by atoms with Crippen molar-refractivity contribution >= 4 is 11.9 Å². The second-order valence-corrected chi connectivity index (χ2v) is 8.22. The number of likely N-dealkylation sites (N-methyl/N-ethyl adjacent to an activating group) is 1. The predicted molar refractivity (Wildman–Crippen MR) is 119 cm³/mol. The van der Waals surface area contributed by atoms with E-state index < -0.39 is 0 Å². The summed E-state index contributed by atoms with van der Waals surface area (Å²) in [6.45, 7) is 5.83. The molecule has 1 aliphatic rings. The van der Waals surface area contributed by atoms with Crippen LogP contribution in [0.15, 0.2) is 35.3 Å². The lowest BCUT2D eigenvalue weighted by atomic mass is 10.1. The largest absolute Gasteiger partial charge is 0.356 e. The lowest BCUT2D eigenvalue weighted by Gasteiger charge is -2.25.